The Labute approximate surface area is 214 Å². The normalized spacial score (nSPS) is 17.6. The standard InChI is InChI=1S/C27H33N7.C2H6/c1-4-16(2)17(3)22-13-20-19(7-8-30-25(20)31-22)26-32-23-15-29-14-21(18-5-6-18)24(23)27(33-26)34-11-9-28-10-12-34;1-2/h7-8,13-18,28H,4-6,9-12H2,1-3H3,(H,30,31);1-2H3/t16?,17-;/m0./s1. The lowest BCUT2D eigenvalue weighted by molar-refractivity contribution is 0.467. The molecule has 4 aromatic heterocycles. The number of piperazine rings is 1. The number of hydrogen-bond donors (Lipinski definition) is 2. The highest BCUT2D eigenvalue weighted by Crippen LogP contribution is 2.45. The van der Waals surface area contributed by atoms with Gasteiger partial charge in [-0.2, -0.15) is 0 Å². The number of rotatable bonds is 6. The molecular formula is C29H39N7. The number of hydrogen-bond acceptors (Lipinski definition) is 6. The number of anilines is 1. The maximum Gasteiger partial charge on any atom is 0.163 e. The minimum atomic E-state index is 0.436. The van der Waals surface area contributed by atoms with Gasteiger partial charge in [0, 0.05) is 60.6 Å². The fourth-order valence-electron chi connectivity index (χ4n) is 5.17. The Morgan fingerprint density at radius 2 is 1.86 bits per heavy atom. The Hall–Kier alpha value is -3.06. The zero-order valence-corrected chi connectivity index (χ0v) is 22.3. The Balaban J connectivity index is 0.00000130. The molecule has 7 nitrogen and oxygen atoms in total. The molecule has 4 aromatic rings. The monoisotopic (exact) mass is 485 g/mol. The summed E-state index contributed by atoms with van der Waals surface area (Å²) >= 11 is 0. The molecule has 2 fully saturated rings. The topological polar surface area (TPSA) is 82.6 Å². The summed E-state index contributed by atoms with van der Waals surface area (Å²) in [6.45, 7) is 14.7. The minimum Gasteiger partial charge on any atom is -0.353 e. The molecular weight excluding hydrogens is 446 g/mol. The van der Waals surface area contributed by atoms with E-state index in [-0.39, 0.29) is 0 Å². The lowest BCUT2D eigenvalue weighted by atomic mass is 9.91. The fraction of sp³-hybridized carbons (Fsp3) is 0.517. The first kappa shape index (κ1) is 24.6. The van der Waals surface area contributed by atoms with E-state index in [1.807, 2.05) is 32.4 Å². The zero-order valence-electron chi connectivity index (χ0n) is 22.3. The Morgan fingerprint density at radius 3 is 2.58 bits per heavy atom. The van der Waals surface area contributed by atoms with E-state index < -0.39 is 0 Å². The van der Waals surface area contributed by atoms with Crippen molar-refractivity contribution in [3.8, 4) is 11.4 Å². The van der Waals surface area contributed by atoms with Gasteiger partial charge in [-0.25, -0.2) is 15.0 Å². The molecule has 1 saturated carbocycles. The van der Waals surface area contributed by atoms with Gasteiger partial charge >= 0.3 is 0 Å². The first-order chi connectivity index (χ1) is 17.6. The molecule has 1 saturated heterocycles. The smallest absolute Gasteiger partial charge is 0.163 e. The van der Waals surface area contributed by atoms with Crippen LogP contribution < -0.4 is 10.2 Å². The van der Waals surface area contributed by atoms with Gasteiger partial charge in [0.25, 0.3) is 0 Å². The molecule has 5 heterocycles. The van der Waals surface area contributed by atoms with Gasteiger partial charge in [0.1, 0.15) is 11.5 Å². The first-order valence-corrected chi connectivity index (χ1v) is 13.7. The molecule has 7 heteroatoms. The summed E-state index contributed by atoms with van der Waals surface area (Å²) in [6, 6.07) is 4.31. The maximum absolute atomic E-state index is 5.24. The maximum atomic E-state index is 5.24. The summed E-state index contributed by atoms with van der Waals surface area (Å²) in [5, 5.41) is 5.75. The molecule has 0 radical (unpaired) electrons. The van der Waals surface area contributed by atoms with Crippen LogP contribution in [0.2, 0.25) is 0 Å². The van der Waals surface area contributed by atoms with E-state index in [0.29, 0.717) is 17.8 Å². The first-order valence-electron chi connectivity index (χ1n) is 13.7. The summed E-state index contributed by atoms with van der Waals surface area (Å²) in [6.07, 6.45) is 9.42. The van der Waals surface area contributed by atoms with E-state index in [1.165, 1.54) is 29.5 Å². The number of nitrogens with zero attached hydrogens (tertiary/aromatic N) is 5. The van der Waals surface area contributed by atoms with Crippen molar-refractivity contribution in [2.45, 2.75) is 65.7 Å². The third-order valence-electron chi connectivity index (χ3n) is 7.83. The van der Waals surface area contributed by atoms with E-state index in [0.717, 1.165) is 66.4 Å². The summed E-state index contributed by atoms with van der Waals surface area (Å²) in [7, 11) is 0. The van der Waals surface area contributed by atoms with Crippen LogP contribution in [0.3, 0.4) is 0 Å². The summed E-state index contributed by atoms with van der Waals surface area (Å²) in [5.41, 5.74) is 5.41. The summed E-state index contributed by atoms with van der Waals surface area (Å²) < 4.78 is 0. The molecule has 2 atom stereocenters. The van der Waals surface area contributed by atoms with Crippen molar-refractivity contribution in [2.75, 3.05) is 31.1 Å². The lowest BCUT2D eigenvalue weighted by Gasteiger charge is -2.30. The highest BCUT2D eigenvalue weighted by atomic mass is 15.2. The number of nitrogens with one attached hydrogen (secondary N) is 2. The minimum absolute atomic E-state index is 0.436. The van der Waals surface area contributed by atoms with Crippen molar-refractivity contribution in [3.05, 3.63) is 42.0 Å². The second-order valence-corrected chi connectivity index (χ2v) is 10.0. The predicted molar refractivity (Wildman–Crippen MR) is 149 cm³/mol. The third-order valence-corrected chi connectivity index (χ3v) is 7.83. The zero-order chi connectivity index (χ0) is 25.2. The molecule has 0 amide bonds. The van der Waals surface area contributed by atoms with Crippen LogP contribution in [0.1, 0.15) is 77.0 Å². The van der Waals surface area contributed by atoms with E-state index in [2.05, 4.69) is 58.1 Å². The fourth-order valence-corrected chi connectivity index (χ4v) is 5.17. The molecule has 2 N–H and O–H groups in total. The quantitative estimate of drug-likeness (QED) is 0.347. The molecule has 190 valence electrons. The molecule has 1 aliphatic carbocycles. The van der Waals surface area contributed by atoms with Gasteiger partial charge in [-0.15, -0.1) is 0 Å². The van der Waals surface area contributed by atoms with Crippen LogP contribution in [0.15, 0.2) is 30.7 Å². The van der Waals surface area contributed by atoms with Gasteiger partial charge in [0.05, 0.1) is 11.7 Å². The van der Waals surface area contributed by atoms with Crippen LogP contribution in [0.4, 0.5) is 5.82 Å². The number of H-pyrrole nitrogens is 1. The summed E-state index contributed by atoms with van der Waals surface area (Å²) in [4.78, 5) is 25.5. The van der Waals surface area contributed by atoms with E-state index >= 15 is 0 Å². The molecule has 0 spiro atoms. The van der Waals surface area contributed by atoms with Crippen LogP contribution in [0.5, 0.6) is 0 Å². The second kappa shape index (κ2) is 10.5. The van der Waals surface area contributed by atoms with Crippen molar-refractivity contribution in [1.29, 1.82) is 0 Å². The molecule has 1 unspecified atom stereocenters. The third kappa shape index (κ3) is 4.57. The van der Waals surface area contributed by atoms with E-state index in [4.69, 9.17) is 9.97 Å². The van der Waals surface area contributed by atoms with Crippen LogP contribution in [-0.4, -0.2) is 51.1 Å². The highest BCUT2D eigenvalue weighted by molar-refractivity contribution is 5.97. The van der Waals surface area contributed by atoms with Gasteiger partial charge in [-0.3, -0.25) is 4.98 Å². The Kier molecular flexibility index (Phi) is 7.19. The van der Waals surface area contributed by atoms with Crippen molar-refractivity contribution >= 4 is 27.8 Å². The summed E-state index contributed by atoms with van der Waals surface area (Å²) in [5.74, 6) is 3.43. The number of aromatic nitrogens is 5. The Morgan fingerprint density at radius 1 is 1.08 bits per heavy atom. The van der Waals surface area contributed by atoms with Crippen molar-refractivity contribution in [1.82, 2.24) is 30.2 Å². The average Bonchev–Trinajstić information content (AvgIpc) is 3.70. The lowest BCUT2D eigenvalue weighted by Crippen LogP contribution is -2.44. The number of aromatic amines is 1. The predicted octanol–water partition coefficient (Wildman–Crippen LogP) is 6.03. The van der Waals surface area contributed by atoms with Crippen LogP contribution in [0, 0.1) is 5.92 Å². The largest absolute Gasteiger partial charge is 0.353 e. The molecule has 0 bridgehead atoms. The Bertz CT molecular complexity index is 1330. The highest BCUT2D eigenvalue weighted by Gasteiger charge is 2.29. The van der Waals surface area contributed by atoms with E-state index in [9.17, 15) is 0 Å². The van der Waals surface area contributed by atoms with Crippen molar-refractivity contribution in [3.63, 3.8) is 0 Å². The van der Waals surface area contributed by atoms with Gasteiger partial charge in [0.15, 0.2) is 5.82 Å². The van der Waals surface area contributed by atoms with Gasteiger partial charge < -0.3 is 15.2 Å². The average molecular weight is 486 g/mol. The van der Waals surface area contributed by atoms with E-state index in [1.54, 1.807) is 0 Å². The molecule has 2 aliphatic rings. The van der Waals surface area contributed by atoms with Crippen LogP contribution in [0.25, 0.3) is 33.3 Å². The number of fused-ring (bicyclic) bond motifs is 2. The molecule has 1 aliphatic heterocycles. The van der Waals surface area contributed by atoms with Gasteiger partial charge in [0.2, 0.25) is 0 Å². The van der Waals surface area contributed by atoms with Gasteiger partial charge in [-0.1, -0.05) is 41.0 Å². The molecule has 6 rings (SSSR count). The van der Waals surface area contributed by atoms with Crippen molar-refractivity contribution in [2.24, 2.45) is 5.92 Å². The van der Waals surface area contributed by atoms with Crippen molar-refractivity contribution < 1.29 is 0 Å². The molecule has 0 aromatic carbocycles. The molecule has 36 heavy (non-hydrogen) atoms. The van der Waals surface area contributed by atoms with Crippen LogP contribution in [-0.2, 0) is 0 Å². The van der Waals surface area contributed by atoms with Gasteiger partial charge in [-0.05, 0) is 48.3 Å². The number of pyridine rings is 2. The second-order valence-electron chi connectivity index (χ2n) is 10.0. The van der Waals surface area contributed by atoms with Crippen LogP contribution >= 0.6 is 0 Å². The SMILES string of the molecule is CC.CCC(C)[C@H](C)c1cc2c(-c3nc(N4CCNCC4)c4c(C5CC5)cncc4n3)ccnc2[nH]1.